The van der Waals surface area contributed by atoms with E-state index < -0.39 is 17.8 Å². The summed E-state index contributed by atoms with van der Waals surface area (Å²) in [5.74, 6) is -1.24. The highest BCUT2D eigenvalue weighted by Crippen LogP contribution is 2.16. The molecule has 0 aliphatic rings. The Morgan fingerprint density at radius 2 is 1.73 bits per heavy atom. The van der Waals surface area contributed by atoms with Gasteiger partial charge in [-0.15, -0.1) is 0 Å². The van der Waals surface area contributed by atoms with Crippen molar-refractivity contribution in [2.24, 2.45) is 0 Å². The lowest BCUT2D eigenvalue weighted by Gasteiger charge is -2.12. The lowest BCUT2D eigenvalue weighted by molar-refractivity contribution is -0.143. The number of ether oxygens (including phenoxy) is 1. The summed E-state index contributed by atoms with van der Waals surface area (Å²) in [7, 11) is 0. The monoisotopic (exact) mass is 503 g/mol. The topological polar surface area (TPSA) is 139 Å². The van der Waals surface area contributed by atoms with Crippen LogP contribution in [0.4, 0.5) is 16.2 Å². The van der Waals surface area contributed by atoms with Crippen LogP contribution in [0.3, 0.4) is 0 Å². The number of carbonyl (C=O) groups excluding carboxylic acids is 4. The molecule has 0 unspecified atom stereocenters. The average Bonchev–Trinajstić information content (AvgIpc) is 2.91. The van der Waals surface area contributed by atoms with Crippen molar-refractivity contribution in [1.29, 1.82) is 0 Å². The molecule has 0 atom stereocenters. The van der Waals surface area contributed by atoms with Crippen LogP contribution in [0, 0.1) is 0 Å². The van der Waals surface area contributed by atoms with E-state index in [-0.39, 0.29) is 24.5 Å². The van der Waals surface area contributed by atoms with Crippen molar-refractivity contribution in [1.82, 2.24) is 15.6 Å². The molecular weight excluding hydrogens is 474 g/mol. The predicted molar refractivity (Wildman–Crippen MR) is 139 cm³/mol. The summed E-state index contributed by atoms with van der Waals surface area (Å²) in [6.45, 7) is 2.13. The van der Waals surface area contributed by atoms with E-state index in [9.17, 15) is 19.2 Å². The minimum absolute atomic E-state index is 0.161. The lowest BCUT2D eigenvalue weighted by Crippen LogP contribution is -2.33. The Kier molecular flexibility index (Phi) is 10.2. The van der Waals surface area contributed by atoms with Gasteiger partial charge in [0, 0.05) is 42.3 Å². The van der Waals surface area contributed by atoms with Gasteiger partial charge in [-0.25, -0.2) is 4.79 Å². The van der Waals surface area contributed by atoms with E-state index in [1.54, 1.807) is 37.4 Å². The third-order valence-electron chi connectivity index (χ3n) is 5.17. The zero-order valence-electron chi connectivity index (χ0n) is 20.5. The van der Waals surface area contributed by atoms with Gasteiger partial charge in [0.05, 0.1) is 13.2 Å². The van der Waals surface area contributed by atoms with Gasteiger partial charge < -0.3 is 26.0 Å². The molecule has 3 aromatic rings. The van der Waals surface area contributed by atoms with Crippen molar-refractivity contribution >= 4 is 35.2 Å². The van der Waals surface area contributed by atoms with Crippen molar-refractivity contribution in [3.05, 3.63) is 89.7 Å². The molecule has 3 rings (SSSR count). The summed E-state index contributed by atoms with van der Waals surface area (Å²) in [6, 6.07) is 17.1. The third kappa shape index (κ3) is 9.10. The number of nitrogens with zero attached hydrogens (tertiary/aromatic N) is 1. The Bertz CT molecular complexity index is 1230. The molecule has 192 valence electrons. The van der Waals surface area contributed by atoms with Gasteiger partial charge in [0.1, 0.15) is 0 Å². The number of nitrogens with one attached hydrogen (secondary N) is 4. The first-order chi connectivity index (χ1) is 17.9. The fourth-order valence-electron chi connectivity index (χ4n) is 3.37. The molecule has 2 aromatic carbocycles. The second-order valence-electron chi connectivity index (χ2n) is 7.94. The van der Waals surface area contributed by atoms with Crippen LogP contribution < -0.4 is 21.3 Å². The molecule has 0 saturated heterocycles. The predicted octanol–water partition coefficient (Wildman–Crippen LogP) is 3.27. The number of anilines is 2. The number of aromatic nitrogens is 1. The minimum atomic E-state index is -0.472. The minimum Gasteiger partial charge on any atom is -0.466 e. The Morgan fingerprint density at radius 1 is 0.919 bits per heavy atom. The van der Waals surface area contributed by atoms with Crippen molar-refractivity contribution in [3.63, 3.8) is 0 Å². The number of urea groups is 1. The van der Waals surface area contributed by atoms with Gasteiger partial charge in [0.25, 0.3) is 5.91 Å². The maximum Gasteiger partial charge on any atom is 0.319 e. The summed E-state index contributed by atoms with van der Waals surface area (Å²) in [4.78, 5) is 52.9. The summed E-state index contributed by atoms with van der Waals surface area (Å²) in [6.07, 6.45) is 3.61. The molecule has 10 nitrogen and oxygen atoms in total. The standard InChI is InChI=1S/C27H29N5O5/c1-2-37-25(34)12-11-21-17-28-14-13-23(21)32-24(33)18-29-26(35)20-9-6-10-22(15-20)31-27(36)30-16-19-7-4-3-5-8-19/h3-10,13-15,17H,2,11-12,16,18H2,1H3,(H,29,35)(H,28,32,33)(H2,30,31,36). The number of hydrogen-bond donors (Lipinski definition) is 4. The van der Waals surface area contributed by atoms with Gasteiger partial charge in [-0.1, -0.05) is 36.4 Å². The number of amides is 4. The van der Waals surface area contributed by atoms with E-state index in [0.29, 0.717) is 36.5 Å². The van der Waals surface area contributed by atoms with Crippen molar-refractivity contribution in [2.45, 2.75) is 26.3 Å². The fraction of sp³-hybridized carbons (Fsp3) is 0.222. The summed E-state index contributed by atoms with van der Waals surface area (Å²) < 4.78 is 4.93. The van der Waals surface area contributed by atoms with Crippen LogP contribution in [0.15, 0.2) is 73.1 Å². The summed E-state index contributed by atoms with van der Waals surface area (Å²) in [5.41, 5.74) is 2.87. The number of hydrogen-bond acceptors (Lipinski definition) is 6. The molecule has 0 aliphatic carbocycles. The van der Waals surface area contributed by atoms with Crippen molar-refractivity contribution in [2.75, 3.05) is 23.8 Å². The maximum atomic E-state index is 12.6. The quantitative estimate of drug-likeness (QED) is 0.296. The van der Waals surface area contributed by atoms with E-state index in [1.807, 2.05) is 30.3 Å². The second-order valence-corrected chi connectivity index (χ2v) is 7.94. The molecule has 1 heterocycles. The number of esters is 1. The molecule has 4 N–H and O–H groups in total. The molecule has 10 heteroatoms. The van der Waals surface area contributed by atoms with Crippen LogP contribution in [-0.2, 0) is 27.3 Å². The molecule has 37 heavy (non-hydrogen) atoms. The van der Waals surface area contributed by atoms with Gasteiger partial charge in [-0.05, 0) is 48.7 Å². The van der Waals surface area contributed by atoms with Crippen LogP contribution in [0.25, 0.3) is 0 Å². The maximum absolute atomic E-state index is 12.6. The molecule has 0 bridgehead atoms. The number of benzene rings is 2. The second kappa shape index (κ2) is 14.0. The van der Waals surface area contributed by atoms with E-state index in [4.69, 9.17) is 4.74 Å². The highest BCUT2D eigenvalue weighted by atomic mass is 16.5. The van der Waals surface area contributed by atoms with Crippen molar-refractivity contribution in [3.8, 4) is 0 Å². The first-order valence-corrected chi connectivity index (χ1v) is 11.8. The molecule has 0 spiro atoms. The third-order valence-corrected chi connectivity index (χ3v) is 5.17. The Morgan fingerprint density at radius 3 is 2.51 bits per heavy atom. The molecule has 0 fully saturated rings. The van der Waals surface area contributed by atoms with Gasteiger partial charge in [0.15, 0.2) is 0 Å². The van der Waals surface area contributed by atoms with Crippen LogP contribution in [0.2, 0.25) is 0 Å². The Balaban J connectivity index is 1.48. The number of carbonyl (C=O) groups is 4. The Hall–Kier alpha value is -4.73. The van der Waals surface area contributed by atoms with E-state index in [2.05, 4.69) is 26.3 Å². The normalized spacial score (nSPS) is 10.2. The Labute approximate surface area is 214 Å². The number of pyridine rings is 1. The summed E-state index contributed by atoms with van der Waals surface area (Å²) >= 11 is 0. The molecule has 4 amide bonds. The zero-order chi connectivity index (χ0) is 26.5. The van der Waals surface area contributed by atoms with Crippen LogP contribution in [-0.4, -0.2) is 42.0 Å². The molecular formula is C27H29N5O5. The molecule has 0 radical (unpaired) electrons. The largest absolute Gasteiger partial charge is 0.466 e. The van der Waals surface area contributed by atoms with Crippen LogP contribution in [0.5, 0.6) is 0 Å². The van der Waals surface area contributed by atoms with E-state index in [0.717, 1.165) is 5.56 Å². The molecule has 0 aliphatic heterocycles. The van der Waals surface area contributed by atoms with Gasteiger partial charge >= 0.3 is 12.0 Å². The smallest absolute Gasteiger partial charge is 0.319 e. The van der Waals surface area contributed by atoms with Crippen LogP contribution >= 0.6 is 0 Å². The average molecular weight is 504 g/mol. The van der Waals surface area contributed by atoms with Gasteiger partial charge in [-0.3, -0.25) is 19.4 Å². The fourth-order valence-corrected chi connectivity index (χ4v) is 3.37. The first-order valence-electron chi connectivity index (χ1n) is 11.8. The molecule has 1 aromatic heterocycles. The van der Waals surface area contributed by atoms with E-state index in [1.165, 1.54) is 12.3 Å². The number of rotatable bonds is 11. The first kappa shape index (κ1) is 26.9. The highest BCUT2D eigenvalue weighted by Gasteiger charge is 2.12. The van der Waals surface area contributed by atoms with Crippen molar-refractivity contribution < 1.29 is 23.9 Å². The SMILES string of the molecule is CCOC(=O)CCc1cnccc1NC(=O)CNC(=O)c1cccc(NC(=O)NCc2ccccc2)c1. The lowest BCUT2D eigenvalue weighted by atomic mass is 10.1. The molecule has 0 saturated carbocycles. The highest BCUT2D eigenvalue weighted by molar-refractivity contribution is 6.00. The summed E-state index contributed by atoms with van der Waals surface area (Å²) in [5, 5.41) is 10.7. The van der Waals surface area contributed by atoms with E-state index >= 15 is 0 Å². The zero-order valence-corrected chi connectivity index (χ0v) is 20.5. The van der Waals surface area contributed by atoms with Crippen LogP contribution in [0.1, 0.15) is 34.8 Å². The number of aryl methyl sites for hydroxylation is 1. The van der Waals surface area contributed by atoms with Gasteiger partial charge in [-0.2, -0.15) is 0 Å². The van der Waals surface area contributed by atoms with Gasteiger partial charge in [0.2, 0.25) is 5.91 Å².